The van der Waals surface area contributed by atoms with Gasteiger partial charge in [-0.3, -0.25) is 24.4 Å². The van der Waals surface area contributed by atoms with Crippen LogP contribution in [0.15, 0.2) is 6.20 Å². The van der Waals surface area contributed by atoms with E-state index < -0.39 is 10.2 Å². The summed E-state index contributed by atoms with van der Waals surface area (Å²) in [4.78, 5) is 32.1. The van der Waals surface area contributed by atoms with Crippen LogP contribution in [0.1, 0.15) is 19.3 Å². The third-order valence-corrected chi connectivity index (χ3v) is 2.73. The van der Waals surface area contributed by atoms with Crippen molar-refractivity contribution < 1.29 is 19.2 Å². The predicted octanol–water partition coefficient (Wildman–Crippen LogP) is 0.852. The molecule has 116 valence electrons. The lowest BCUT2D eigenvalue weighted by molar-refractivity contribution is -0.385. The highest BCUT2D eigenvalue weighted by atomic mass is 35.5. The number of halogens is 1. The first kappa shape index (κ1) is 16.9. The average Bonchev–Trinajstić information content (AvgIpc) is 2.84. The first-order valence-electron chi connectivity index (χ1n) is 6.15. The van der Waals surface area contributed by atoms with Gasteiger partial charge in [0.15, 0.2) is 0 Å². The molecule has 0 radical (unpaired) electrons. The van der Waals surface area contributed by atoms with Gasteiger partial charge in [-0.05, 0) is 18.0 Å². The van der Waals surface area contributed by atoms with Gasteiger partial charge in [0.25, 0.3) is 0 Å². The lowest BCUT2D eigenvalue weighted by Gasteiger charge is -2.04. The van der Waals surface area contributed by atoms with Crippen LogP contribution < -0.4 is 10.1 Å². The standard InChI is InChI=1S/C11H15ClN4O5/c1-21-11-8(16(19)20)7-15(14-11)6-4-10(18)13-5-2-3-9(12)17/h7H,2-6H2,1H3,(H,13,18). The van der Waals surface area contributed by atoms with Crippen molar-refractivity contribution in [1.29, 1.82) is 0 Å². The van der Waals surface area contributed by atoms with Gasteiger partial charge in [-0.15, -0.1) is 5.10 Å². The number of carbonyl (C=O) groups is 2. The van der Waals surface area contributed by atoms with E-state index in [9.17, 15) is 19.7 Å². The summed E-state index contributed by atoms with van der Waals surface area (Å²) in [7, 11) is 1.28. The van der Waals surface area contributed by atoms with Gasteiger partial charge in [0.05, 0.1) is 18.6 Å². The van der Waals surface area contributed by atoms with Crippen LogP contribution in [0.2, 0.25) is 0 Å². The summed E-state index contributed by atoms with van der Waals surface area (Å²) >= 11 is 5.16. The highest BCUT2D eigenvalue weighted by Gasteiger charge is 2.20. The molecule has 1 aromatic heterocycles. The summed E-state index contributed by atoms with van der Waals surface area (Å²) in [5.74, 6) is -0.338. The van der Waals surface area contributed by atoms with Crippen LogP contribution in [-0.4, -0.2) is 39.5 Å². The molecule has 21 heavy (non-hydrogen) atoms. The van der Waals surface area contributed by atoms with Crippen molar-refractivity contribution in [2.24, 2.45) is 0 Å². The molecular formula is C11H15ClN4O5. The number of hydrogen-bond donors (Lipinski definition) is 1. The van der Waals surface area contributed by atoms with Crippen molar-refractivity contribution >= 4 is 28.4 Å². The van der Waals surface area contributed by atoms with Crippen LogP contribution >= 0.6 is 11.6 Å². The van der Waals surface area contributed by atoms with Crippen LogP contribution in [-0.2, 0) is 16.1 Å². The molecule has 0 bridgehead atoms. The molecule has 0 aliphatic rings. The molecule has 10 heteroatoms. The molecule has 0 spiro atoms. The van der Waals surface area contributed by atoms with Crippen molar-refractivity contribution in [1.82, 2.24) is 15.1 Å². The first-order valence-corrected chi connectivity index (χ1v) is 6.52. The number of amides is 1. The molecule has 0 atom stereocenters. The van der Waals surface area contributed by atoms with E-state index in [1.54, 1.807) is 0 Å². The fourth-order valence-corrected chi connectivity index (χ4v) is 1.67. The Hall–Kier alpha value is -2.16. The fraction of sp³-hybridized carbons (Fsp3) is 0.545. The second-order valence-electron chi connectivity index (χ2n) is 4.10. The number of nitrogens with one attached hydrogen (secondary N) is 1. The number of rotatable bonds is 9. The molecule has 1 amide bonds. The molecule has 0 unspecified atom stereocenters. The lowest BCUT2D eigenvalue weighted by Crippen LogP contribution is -2.25. The normalized spacial score (nSPS) is 10.2. The summed E-state index contributed by atoms with van der Waals surface area (Å²) in [5, 5.41) is 16.7. The molecule has 0 saturated heterocycles. The molecule has 1 heterocycles. The third kappa shape index (κ3) is 5.78. The van der Waals surface area contributed by atoms with Gasteiger partial charge in [0.1, 0.15) is 6.20 Å². The summed E-state index contributed by atoms with van der Waals surface area (Å²) in [6.07, 6.45) is 1.98. The van der Waals surface area contributed by atoms with E-state index in [1.165, 1.54) is 18.0 Å². The molecule has 0 aromatic carbocycles. The zero-order chi connectivity index (χ0) is 15.8. The number of aromatic nitrogens is 2. The molecule has 1 N–H and O–H groups in total. The highest BCUT2D eigenvalue weighted by Crippen LogP contribution is 2.23. The SMILES string of the molecule is COc1nn(CCC(=O)NCCCC(=O)Cl)cc1[N+](=O)[O-]. The minimum absolute atomic E-state index is 0.0963. The maximum atomic E-state index is 11.5. The summed E-state index contributed by atoms with van der Waals surface area (Å²) < 4.78 is 6.05. The molecule has 0 saturated carbocycles. The average molecular weight is 319 g/mol. The van der Waals surface area contributed by atoms with Gasteiger partial charge in [-0.2, -0.15) is 0 Å². The monoisotopic (exact) mass is 318 g/mol. The van der Waals surface area contributed by atoms with E-state index >= 15 is 0 Å². The lowest BCUT2D eigenvalue weighted by atomic mass is 10.3. The topological polar surface area (TPSA) is 116 Å². The van der Waals surface area contributed by atoms with Crippen LogP contribution in [0.5, 0.6) is 5.88 Å². The zero-order valence-corrected chi connectivity index (χ0v) is 12.1. The van der Waals surface area contributed by atoms with E-state index in [4.69, 9.17) is 16.3 Å². The number of nitro groups is 1. The van der Waals surface area contributed by atoms with Gasteiger partial charge < -0.3 is 10.1 Å². The summed E-state index contributed by atoms with van der Waals surface area (Å²) in [6, 6.07) is 0. The minimum atomic E-state index is -0.606. The minimum Gasteiger partial charge on any atom is -0.475 e. The Morgan fingerprint density at radius 1 is 1.52 bits per heavy atom. The van der Waals surface area contributed by atoms with Crippen LogP contribution in [0.25, 0.3) is 0 Å². The Kier molecular flexibility index (Phi) is 6.60. The van der Waals surface area contributed by atoms with Gasteiger partial charge >= 0.3 is 11.6 Å². The highest BCUT2D eigenvalue weighted by molar-refractivity contribution is 6.63. The van der Waals surface area contributed by atoms with Crippen LogP contribution in [0.4, 0.5) is 5.69 Å². The van der Waals surface area contributed by atoms with E-state index in [0.29, 0.717) is 13.0 Å². The van der Waals surface area contributed by atoms with Gasteiger partial charge in [0, 0.05) is 19.4 Å². The second-order valence-corrected chi connectivity index (χ2v) is 4.52. The molecular weight excluding hydrogens is 304 g/mol. The van der Waals surface area contributed by atoms with Crippen LogP contribution in [0, 0.1) is 10.1 Å². The maximum Gasteiger partial charge on any atom is 0.350 e. The van der Waals surface area contributed by atoms with E-state index in [1.807, 2.05) is 0 Å². The number of methoxy groups -OCH3 is 1. The molecule has 1 rings (SSSR count). The van der Waals surface area contributed by atoms with E-state index in [2.05, 4.69) is 10.4 Å². The fourth-order valence-electron chi connectivity index (χ4n) is 1.54. The van der Waals surface area contributed by atoms with Crippen molar-refractivity contribution in [3.8, 4) is 5.88 Å². The van der Waals surface area contributed by atoms with Crippen molar-refractivity contribution in [2.75, 3.05) is 13.7 Å². The summed E-state index contributed by atoms with van der Waals surface area (Å²) in [6.45, 7) is 0.532. The van der Waals surface area contributed by atoms with Crippen LogP contribution in [0.3, 0.4) is 0 Å². The van der Waals surface area contributed by atoms with Crippen molar-refractivity contribution in [3.05, 3.63) is 16.3 Å². The Morgan fingerprint density at radius 3 is 2.76 bits per heavy atom. The number of hydrogen-bond acceptors (Lipinski definition) is 6. The van der Waals surface area contributed by atoms with Crippen molar-refractivity contribution in [2.45, 2.75) is 25.8 Å². The largest absolute Gasteiger partial charge is 0.475 e. The van der Waals surface area contributed by atoms with Gasteiger partial charge in [-0.25, -0.2) is 0 Å². The number of ether oxygens (including phenoxy) is 1. The van der Waals surface area contributed by atoms with E-state index in [0.717, 1.165) is 0 Å². The maximum absolute atomic E-state index is 11.5. The van der Waals surface area contributed by atoms with Crippen molar-refractivity contribution in [3.63, 3.8) is 0 Å². The third-order valence-electron chi connectivity index (χ3n) is 2.54. The number of carbonyl (C=O) groups excluding carboxylic acids is 2. The van der Waals surface area contributed by atoms with Gasteiger partial charge in [0.2, 0.25) is 11.1 Å². The predicted molar refractivity (Wildman–Crippen MR) is 73.2 cm³/mol. The Bertz CT molecular complexity index is 531. The number of nitrogens with zero attached hydrogens (tertiary/aromatic N) is 3. The van der Waals surface area contributed by atoms with Gasteiger partial charge in [-0.1, -0.05) is 0 Å². The number of aryl methyl sites for hydroxylation is 1. The molecule has 9 nitrogen and oxygen atoms in total. The Balaban J connectivity index is 2.39. The molecule has 0 fully saturated rings. The quantitative estimate of drug-likeness (QED) is 0.312. The molecule has 1 aromatic rings. The Morgan fingerprint density at radius 2 is 2.24 bits per heavy atom. The first-order chi connectivity index (χ1) is 9.93. The summed E-state index contributed by atoms with van der Waals surface area (Å²) in [5.41, 5.74) is -0.251. The van der Waals surface area contributed by atoms with E-state index in [-0.39, 0.29) is 36.9 Å². The smallest absolute Gasteiger partial charge is 0.350 e. The molecule has 0 aliphatic carbocycles. The second kappa shape index (κ2) is 8.20. The zero-order valence-electron chi connectivity index (χ0n) is 11.4. The Labute approximate surface area is 125 Å². The molecule has 0 aliphatic heterocycles.